The van der Waals surface area contributed by atoms with E-state index in [-0.39, 0.29) is 10.7 Å². The zero-order valence-corrected chi connectivity index (χ0v) is 19.9. The standard InChI is InChI=1S/C24H37N3O3S/c1-24-10-13-25(2)22(14-18-4-5-19(28)15-21(18)24)23(24)26(3)16-17-8-11-27(12-9-17)31(29,30)20-6-7-20/h4-5,15,17,20,22-23,28H,6-14,16H2,1-3H3. The second-order valence-corrected chi connectivity index (χ2v) is 12.9. The van der Waals surface area contributed by atoms with E-state index in [1.807, 2.05) is 12.1 Å². The summed E-state index contributed by atoms with van der Waals surface area (Å²) in [5.41, 5.74) is 2.72. The summed E-state index contributed by atoms with van der Waals surface area (Å²) in [7, 11) is 1.47. The number of piperidine rings is 2. The van der Waals surface area contributed by atoms with E-state index in [4.69, 9.17) is 0 Å². The smallest absolute Gasteiger partial charge is 0.216 e. The molecule has 2 heterocycles. The molecule has 2 saturated heterocycles. The molecule has 2 aliphatic carbocycles. The Morgan fingerprint density at radius 3 is 2.55 bits per heavy atom. The maximum Gasteiger partial charge on any atom is 0.216 e. The minimum Gasteiger partial charge on any atom is -0.508 e. The predicted molar refractivity (Wildman–Crippen MR) is 123 cm³/mol. The summed E-state index contributed by atoms with van der Waals surface area (Å²) in [5, 5.41) is 10.1. The van der Waals surface area contributed by atoms with Crippen LogP contribution in [0.5, 0.6) is 5.75 Å². The first-order valence-electron chi connectivity index (χ1n) is 11.9. The molecule has 1 aromatic carbocycles. The van der Waals surface area contributed by atoms with Gasteiger partial charge in [-0.1, -0.05) is 13.0 Å². The Morgan fingerprint density at radius 1 is 1.16 bits per heavy atom. The highest BCUT2D eigenvalue weighted by Gasteiger charge is 2.51. The lowest BCUT2D eigenvalue weighted by Gasteiger charge is -2.58. The highest BCUT2D eigenvalue weighted by Crippen LogP contribution is 2.47. The summed E-state index contributed by atoms with van der Waals surface area (Å²) < 4.78 is 26.9. The van der Waals surface area contributed by atoms with Crippen LogP contribution in [0.4, 0.5) is 0 Å². The molecule has 1 aromatic rings. The van der Waals surface area contributed by atoms with Gasteiger partial charge in [0.1, 0.15) is 5.75 Å². The van der Waals surface area contributed by atoms with Gasteiger partial charge in [-0.05, 0) is 88.3 Å². The molecule has 2 aliphatic heterocycles. The molecule has 31 heavy (non-hydrogen) atoms. The van der Waals surface area contributed by atoms with Gasteiger partial charge in [-0.15, -0.1) is 0 Å². The van der Waals surface area contributed by atoms with Crippen LogP contribution in [0.2, 0.25) is 0 Å². The van der Waals surface area contributed by atoms with E-state index in [1.54, 1.807) is 4.31 Å². The third-order valence-electron chi connectivity index (χ3n) is 8.61. The molecular weight excluding hydrogens is 410 g/mol. The lowest BCUT2D eigenvalue weighted by Crippen LogP contribution is -2.66. The molecule has 0 amide bonds. The number of hydrogen-bond donors (Lipinski definition) is 1. The molecule has 3 unspecified atom stereocenters. The molecule has 3 fully saturated rings. The maximum atomic E-state index is 12.6. The Balaban J connectivity index is 1.31. The molecular formula is C24H37N3O3S. The Labute approximate surface area is 187 Å². The van der Waals surface area contributed by atoms with Crippen molar-refractivity contribution in [2.75, 3.05) is 40.3 Å². The van der Waals surface area contributed by atoms with Gasteiger partial charge in [-0.25, -0.2) is 12.7 Å². The van der Waals surface area contributed by atoms with Gasteiger partial charge in [-0.3, -0.25) is 0 Å². The number of sulfonamides is 1. The molecule has 1 N–H and O–H groups in total. The van der Waals surface area contributed by atoms with E-state index >= 15 is 0 Å². The van der Waals surface area contributed by atoms with Crippen molar-refractivity contribution in [3.05, 3.63) is 29.3 Å². The minimum absolute atomic E-state index is 0.0221. The number of phenols is 1. The van der Waals surface area contributed by atoms with Crippen LogP contribution in [0.25, 0.3) is 0 Å². The number of benzene rings is 1. The predicted octanol–water partition coefficient (Wildman–Crippen LogP) is 2.41. The summed E-state index contributed by atoms with van der Waals surface area (Å²) in [6.07, 6.45) is 5.71. The zero-order chi connectivity index (χ0) is 22.0. The van der Waals surface area contributed by atoms with Crippen molar-refractivity contribution >= 4 is 10.0 Å². The van der Waals surface area contributed by atoms with Crippen LogP contribution < -0.4 is 0 Å². The number of rotatable bonds is 5. The van der Waals surface area contributed by atoms with Crippen molar-refractivity contribution in [3.8, 4) is 5.75 Å². The first-order chi connectivity index (χ1) is 14.7. The van der Waals surface area contributed by atoms with Crippen LogP contribution in [0.3, 0.4) is 0 Å². The Kier molecular flexibility index (Phi) is 5.40. The number of aromatic hydroxyl groups is 1. The van der Waals surface area contributed by atoms with E-state index in [0.717, 1.165) is 51.6 Å². The first-order valence-corrected chi connectivity index (χ1v) is 13.4. The average Bonchev–Trinajstić information content (AvgIpc) is 3.58. The summed E-state index contributed by atoms with van der Waals surface area (Å²) >= 11 is 0. The van der Waals surface area contributed by atoms with Crippen LogP contribution >= 0.6 is 0 Å². The molecule has 0 aromatic heterocycles. The molecule has 0 spiro atoms. The molecule has 1 saturated carbocycles. The largest absolute Gasteiger partial charge is 0.508 e. The number of likely N-dealkylation sites (N-methyl/N-ethyl adjacent to an activating group) is 2. The SMILES string of the molecule is CN1CCC2(C)c3cc(O)ccc3CC1C2N(C)CC1CCN(S(=O)(=O)C2CC2)CC1. The van der Waals surface area contributed by atoms with Crippen molar-refractivity contribution < 1.29 is 13.5 Å². The van der Waals surface area contributed by atoms with Gasteiger partial charge in [0.15, 0.2) is 0 Å². The molecule has 0 radical (unpaired) electrons. The van der Waals surface area contributed by atoms with E-state index in [1.165, 1.54) is 11.1 Å². The molecule has 172 valence electrons. The molecule has 3 atom stereocenters. The van der Waals surface area contributed by atoms with E-state index in [0.29, 0.717) is 36.8 Å². The van der Waals surface area contributed by atoms with Crippen molar-refractivity contribution in [2.24, 2.45) is 5.92 Å². The highest BCUT2D eigenvalue weighted by atomic mass is 32.2. The number of fused-ring (bicyclic) bond motifs is 4. The van der Waals surface area contributed by atoms with Gasteiger partial charge in [0.2, 0.25) is 10.0 Å². The average molecular weight is 448 g/mol. The molecule has 4 aliphatic rings. The Hall–Kier alpha value is -1.15. The van der Waals surface area contributed by atoms with Gasteiger partial charge in [0.05, 0.1) is 5.25 Å². The van der Waals surface area contributed by atoms with E-state index in [2.05, 4.69) is 36.9 Å². The molecule has 2 bridgehead atoms. The van der Waals surface area contributed by atoms with Crippen molar-refractivity contribution in [2.45, 2.75) is 68.2 Å². The normalized spacial score (nSPS) is 32.9. The fourth-order valence-corrected chi connectivity index (χ4v) is 8.55. The van der Waals surface area contributed by atoms with Crippen LogP contribution in [0.15, 0.2) is 18.2 Å². The maximum absolute atomic E-state index is 12.6. The summed E-state index contributed by atoms with van der Waals surface area (Å²) in [4.78, 5) is 5.08. The first kappa shape index (κ1) is 21.7. The van der Waals surface area contributed by atoms with Crippen molar-refractivity contribution in [1.29, 1.82) is 0 Å². The second kappa shape index (κ2) is 7.72. The zero-order valence-electron chi connectivity index (χ0n) is 19.1. The van der Waals surface area contributed by atoms with Gasteiger partial charge >= 0.3 is 0 Å². The summed E-state index contributed by atoms with van der Waals surface area (Å²) in [6, 6.07) is 6.80. The number of phenolic OH excluding ortho intramolecular Hbond substituents is 1. The summed E-state index contributed by atoms with van der Waals surface area (Å²) in [6.45, 7) is 5.84. The fraction of sp³-hybridized carbons (Fsp3) is 0.750. The monoisotopic (exact) mass is 447 g/mol. The Morgan fingerprint density at radius 2 is 1.87 bits per heavy atom. The molecule has 5 rings (SSSR count). The van der Waals surface area contributed by atoms with Crippen molar-refractivity contribution in [3.63, 3.8) is 0 Å². The Bertz CT molecular complexity index is 939. The van der Waals surface area contributed by atoms with Gasteiger partial charge < -0.3 is 14.9 Å². The van der Waals surface area contributed by atoms with Gasteiger partial charge in [-0.2, -0.15) is 0 Å². The topological polar surface area (TPSA) is 64.1 Å². The quantitative estimate of drug-likeness (QED) is 0.751. The lowest BCUT2D eigenvalue weighted by molar-refractivity contribution is -0.00615. The molecule has 7 heteroatoms. The van der Waals surface area contributed by atoms with Crippen LogP contribution in [-0.2, 0) is 21.9 Å². The number of nitrogens with zero attached hydrogens (tertiary/aromatic N) is 3. The van der Waals surface area contributed by atoms with Gasteiger partial charge in [0, 0.05) is 37.1 Å². The highest BCUT2D eigenvalue weighted by molar-refractivity contribution is 7.90. The van der Waals surface area contributed by atoms with E-state index in [9.17, 15) is 13.5 Å². The van der Waals surface area contributed by atoms with Crippen LogP contribution in [-0.4, -0.2) is 85.2 Å². The number of hydrogen-bond acceptors (Lipinski definition) is 5. The van der Waals surface area contributed by atoms with Gasteiger partial charge in [0.25, 0.3) is 0 Å². The third kappa shape index (κ3) is 3.71. The van der Waals surface area contributed by atoms with Crippen LogP contribution in [0, 0.1) is 5.92 Å². The lowest BCUT2D eigenvalue weighted by atomic mass is 9.61. The number of likely N-dealkylation sites (tertiary alicyclic amines) is 1. The third-order valence-corrected chi connectivity index (χ3v) is 11.0. The van der Waals surface area contributed by atoms with Crippen LogP contribution in [0.1, 0.15) is 50.2 Å². The van der Waals surface area contributed by atoms with Crippen molar-refractivity contribution in [1.82, 2.24) is 14.1 Å². The molecule has 6 nitrogen and oxygen atoms in total. The minimum atomic E-state index is -3.04. The van der Waals surface area contributed by atoms with E-state index < -0.39 is 10.0 Å². The fourth-order valence-electron chi connectivity index (χ4n) is 6.67. The summed E-state index contributed by atoms with van der Waals surface area (Å²) in [5.74, 6) is 0.902. The second-order valence-electron chi connectivity index (χ2n) is 10.7.